The molecule has 1 aliphatic heterocycles. The average Bonchev–Trinajstić information content (AvgIpc) is 2.67. The van der Waals surface area contributed by atoms with Crippen LogP contribution in [0.4, 0.5) is 5.69 Å². The minimum absolute atomic E-state index is 0.0717. The second-order valence-corrected chi connectivity index (χ2v) is 8.51. The molecule has 0 unspecified atom stereocenters. The molecule has 0 aliphatic carbocycles. The number of nitrogens with one attached hydrogen (secondary N) is 1. The van der Waals surface area contributed by atoms with Gasteiger partial charge in [-0.05, 0) is 43.7 Å². The van der Waals surface area contributed by atoms with Crippen LogP contribution in [0.25, 0.3) is 0 Å². The van der Waals surface area contributed by atoms with Gasteiger partial charge in [-0.2, -0.15) is 0 Å². The van der Waals surface area contributed by atoms with Crippen LogP contribution in [0.3, 0.4) is 0 Å². The van der Waals surface area contributed by atoms with Gasteiger partial charge in [-0.15, -0.1) is 0 Å². The van der Waals surface area contributed by atoms with E-state index in [1.165, 1.54) is 4.31 Å². The molecule has 8 heteroatoms. The largest absolute Gasteiger partial charge is 0.494 e. The summed E-state index contributed by atoms with van der Waals surface area (Å²) in [7, 11) is -3.54. The number of hydrogen-bond donors (Lipinski definition) is 1. The second-order valence-electron chi connectivity index (χ2n) is 6.60. The minimum atomic E-state index is -3.54. The van der Waals surface area contributed by atoms with Gasteiger partial charge in [-0.1, -0.05) is 24.3 Å². The number of para-hydroxylation sites is 2. The molecule has 1 amide bonds. The SMILES string of the molecule is CCOc1ccc([C@@H](C)NC(=O)[C@@H]2CN(S(C)(=O)=O)c3ccccc3O2)cc1. The van der Waals surface area contributed by atoms with Crippen molar-refractivity contribution in [3.63, 3.8) is 0 Å². The Balaban J connectivity index is 1.74. The lowest BCUT2D eigenvalue weighted by molar-refractivity contribution is -0.128. The number of carbonyl (C=O) groups is 1. The molecule has 28 heavy (non-hydrogen) atoms. The highest BCUT2D eigenvalue weighted by atomic mass is 32.2. The first-order valence-corrected chi connectivity index (χ1v) is 10.9. The number of amides is 1. The molecule has 3 rings (SSSR count). The summed E-state index contributed by atoms with van der Waals surface area (Å²) in [6, 6.07) is 14.0. The Hall–Kier alpha value is -2.74. The van der Waals surface area contributed by atoms with Crippen molar-refractivity contribution in [2.24, 2.45) is 0 Å². The van der Waals surface area contributed by atoms with E-state index >= 15 is 0 Å². The van der Waals surface area contributed by atoms with E-state index in [1.54, 1.807) is 24.3 Å². The van der Waals surface area contributed by atoms with Gasteiger partial charge in [0.05, 0.1) is 31.1 Å². The highest BCUT2D eigenvalue weighted by molar-refractivity contribution is 7.92. The van der Waals surface area contributed by atoms with Crippen molar-refractivity contribution < 1.29 is 22.7 Å². The fourth-order valence-corrected chi connectivity index (χ4v) is 3.98. The lowest BCUT2D eigenvalue weighted by Gasteiger charge is -2.34. The van der Waals surface area contributed by atoms with E-state index in [9.17, 15) is 13.2 Å². The maximum atomic E-state index is 12.8. The Bertz CT molecular complexity index is 943. The van der Waals surface area contributed by atoms with Crippen molar-refractivity contribution in [3.05, 3.63) is 54.1 Å². The first-order chi connectivity index (χ1) is 13.3. The molecule has 2 atom stereocenters. The molecule has 1 heterocycles. The summed E-state index contributed by atoms with van der Waals surface area (Å²) in [4.78, 5) is 12.8. The highest BCUT2D eigenvalue weighted by Gasteiger charge is 2.35. The van der Waals surface area contributed by atoms with Crippen LogP contribution in [-0.2, 0) is 14.8 Å². The summed E-state index contributed by atoms with van der Waals surface area (Å²) < 4.78 is 36.7. The van der Waals surface area contributed by atoms with Crippen LogP contribution in [0.15, 0.2) is 48.5 Å². The maximum absolute atomic E-state index is 12.8. The van der Waals surface area contributed by atoms with E-state index < -0.39 is 16.1 Å². The zero-order valence-corrected chi connectivity index (χ0v) is 16.9. The number of carbonyl (C=O) groups excluding carboxylic acids is 1. The molecule has 1 N–H and O–H groups in total. The quantitative estimate of drug-likeness (QED) is 0.800. The summed E-state index contributed by atoms with van der Waals surface area (Å²) >= 11 is 0. The molecule has 0 saturated carbocycles. The van der Waals surface area contributed by atoms with Gasteiger partial charge < -0.3 is 14.8 Å². The first-order valence-electron chi connectivity index (χ1n) is 9.06. The van der Waals surface area contributed by atoms with Gasteiger partial charge in [-0.3, -0.25) is 9.10 Å². The fraction of sp³-hybridized carbons (Fsp3) is 0.350. The third kappa shape index (κ3) is 4.39. The first kappa shape index (κ1) is 20.0. The van der Waals surface area contributed by atoms with Crippen molar-refractivity contribution in [3.8, 4) is 11.5 Å². The molecular formula is C20H24N2O5S. The van der Waals surface area contributed by atoms with E-state index in [0.717, 1.165) is 17.6 Å². The molecule has 0 spiro atoms. The minimum Gasteiger partial charge on any atom is -0.494 e. The molecule has 7 nitrogen and oxygen atoms in total. The smallest absolute Gasteiger partial charge is 0.263 e. The van der Waals surface area contributed by atoms with E-state index in [4.69, 9.17) is 9.47 Å². The van der Waals surface area contributed by atoms with Crippen LogP contribution < -0.4 is 19.1 Å². The van der Waals surface area contributed by atoms with Crippen molar-refractivity contribution in [1.82, 2.24) is 5.32 Å². The average molecular weight is 404 g/mol. The van der Waals surface area contributed by atoms with Gasteiger partial charge in [0, 0.05) is 0 Å². The van der Waals surface area contributed by atoms with Crippen LogP contribution in [-0.4, -0.2) is 39.8 Å². The van der Waals surface area contributed by atoms with Gasteiger partial charge in [0.25, 0.3) is 5.91 Å². The summed E-state index contributed by atoms with van der Waals surface area (Å²) in [5.41, 5.74) is 1.35. The topological polar surface area (TPSA) is 84.9 Å². The van der Waals surface area contributed by atoms with Crippen LogP contribution in [0.5, 0.6) is 11.5 Å². The van der Waals surface area contributed by atoms with Crippen LogP contribution in [0, 0.1) is 0 Å². The Labute approximate surface area is 165 Å². The second kappa shape index (κ2) is 8.10. The molecule has 150 valence electrons. The van der Waals surface area contributed by atoms with Crippen LogP contribution in [0.2, 0.25) is 0 Å². The molecule has 0 fully saturated rings. The zero-order chi connectivity index (χ0) is 20.3. The van der Waals surface area contributed by atoms with Crippen LogP contribution >= 0.6 is 0 Å². The number of anilines is 1. The molecule has 0 saturated heterocycles. The Morgan fingerprint density at radius 2 is 1.93 bits per heavy atom. The predicted octanol–water partition coefficient (Wildman–Crippen LogP) is 2.49. The number of rotatable bonds is 6. The third-order valence-electron chi connectivity index (χ3n) is 4.48. The van der Waals surface area contributed by atoms with E-state index in [1.807, 2.05) is 38.1 Å². The lowest BCUT2D eigenvalue weighted by Crippen LogP contribution is -2.50. The van der Waals surface area contributed by atoms with Crippen molar-refractivity contribution in [2.75, 3.05) is 23.7 Å². The molecule has 2 aromatic carbocycles. The van der Waals surface area contributed by atoms with Crippen molar-refractivity contribution >= 4 is 21.6 Å². The van der Waals surface area contributed by atoms with Crippen molar-refractivity contribution in [2.45, 2.75) is 26.0 Å². The standard InChI is InChI=1S/C20H24N2O5S/c1-4-26-16-11-9-15(10-12-16)14(2)21-20(23)19-13-22(28(3,24)25)17-7-5-6-8-18(17)27-19/h5-12,14,19H,4,13H2,1-3H3,(H,21,23)/t14-,19+/m1/s1. The summed E-state index contributed by atoms with van der Waals surface area (Å²) in [6.07, 6.45) is 0.182. The number of hydrogen-bond acceptors (Lipinski definition) is 5. The number of sulfonamides is 1. The number of ether oxygens (including phenoxy) is 2. The lowest BCUT2D eigenvalue weighted by atomic mass is 10.1. The predicted molar refractivity (Wildman–Crippen MR) is 107 cm³/mol. The molecule has 0 radical (unpaired) electrons. The van der Waals surface area contributed by atoms with Gasteiger partial charge in [0.15, 0.2) is 6.10 Å². The van der Waals surface area contributed by atoms with E-state index in [2.05, 4.69) is 5.32 Å². The normalized spacial score (nSPS) is 17.2. The molecule has 2 aromatic rings. The monoisotopic (exact) mass is 404 g/mol. The third-order valence-corrected chi connectivity index (χ3v) is 5.62. The van der Waals surface area contributed by atoms with E-state index in [0.29, 0.717) is 18.0 Å². The van der Waals surface area contributed by atoms with Gasteiger partial charge in [0.1, 0.15) is 11.5 Å². The maximum Gasteiger partial charge on any atom is 0.263 e. The highest BCUT2D eigenvalue weighted by Crippen LogP contribution is 2.34. The van der Waals surface area contributed by atoms with Crippen LogP contribution in [0.1, 0.15) is 25.5 Å². The van der Waals surface area contributed by atoms with E-state index in [-0.39, 0.29) is 18.5 Å². The zero-order valence-electron chi connectivity index (χ0n) is 16.1. The molecule has 0 bridgehead atoms. The van der Waals surface area contributed by atoms with Gasteiger partial charge >= 0.3 is 0 Å². The fourth-order valence-electron chi connectivity index (χ4n) is 3.06. The van der Waals surface area contributed by atoms with Gasteiger partial charge in [-0.25, -0.2) is 8.42 Å². The Kier molecular flexibility index (Phi) is 5.79. The molecular weight excluding hydrogens is 380 g/mol. The van der Waals surface area contributed by atoms with Gasteiger partial charge in [0.2, 0.25) is 10.0 Å². The number of nitrogens with zero attached hydrogens (tertiary/aromatic N) is 1. The summed E-state index contributed by atoms with van der Waals surface area (Å²) in [5.74, 6) is 0.762. The Morgan fingerprint density at radius 3 is 2.57 bits per heavy atom. The Morgan fingerprint density at radius 1 is 1.25 bits per heavy atom. The molecule has 0 aromatic heterocycles. The number of benzene rings is 2. The molecule has 1 aliphatic rings. The summed E-state index contributed by atoms with van der Waals surface area (Å²) in [6.45, 7) is 4.29. The van der Waals surface area contributed by atoms with Crippen molar-refractivity contribution in [1.29, 1.82) is 0 Å². The number of fused-ring (bicyclic) bond motifs is 1. The summed E-state index contributed by atoms with van der Waals surface area (Å²) in [5, 5.41) is 2.89.